The summed E-state index contributed by atoms with van der Waals surface area (Å²) in [4.78, 5) is 4.37. The van der Waals surface area contributed by atoms with E-state index in [1.165, 1.54) is 11.1 Å². The molecule has 3 N–H and O–H groups in total. The van der Waals surface area contributed by atoms with Gasteiger partial charge in [0, 0.05) is 22.6 Å². The van der Waals surface area contributed by atoms with Gasteiger partial charge in [-0.05, 0) is 58.5 Å². The van der Waals surface area contributed by atoms with Crippen LogP contribution in [-0.2, 0) is 11.8 Å². The largest absolute Gasteiger partial charge is 0.386 e. The van der Waals surface area contributed by atoms with Crippen LogP contribution in [0, 0.1) is 0 Å². The Morgan fingerprint density at radius 3 is 2.81 bits per heavy atom. The zero-order valence-corrected chi connectivity index (χ0v) is 13.4. The lowest BCUT2D eigenvalue weighted by atomic mass is 9.66. The van der Waals surface area contributed by atoms with Gasteiger partial charge in [0.05, 0.1) is 5.69 Å². The number of benzene rings is 1. The first kappa shape index (κ1) is 14.7. The maximum atomic E-state index is 11.0. The number of aliphatic hydroxyl groups is 1. The molecule has 3 nitrogen and oxygen atoms in total. The monoisotopic (exact) mass is 346 g/mol. The van der Waals surface area contributed by atoms with Crippen LogP contribution in [-0.4, -0.2) is 16.6 Å². The zero-order valence-electron chi connectivity index (χ0n) is 11.8. The molecule has 0 saturated carbocycles. The van der Waals surface area contributed by atoms with Crippen molar-refractivity contribution in [1.82, 2.24) is 4.98 Å². The third kappa shape index (κ3) is 2.52. The van der Waals surface area contributed by atoms with Gasteiger partial charge in [0.2, 0.25) is 0 Å². The number of aromatic nitrogens is 1. The second-order valence-electron chi connectivity index (χ2n) is 5.67. The summed E-state index contributed by atoms with van der Waals surface area (Å²) in [6, 6.07) is 12.1. The summed E-state index contributed by atoms with van der Waals surface area (Å²) in [7, 11) is 0. The summed E-state index contributed by atoms with van der Waals surface area (Å²) < 4.78 is 0.907. The van der Waals surface area contributed by atoms with Crippen LogP contribution in [0.15, 0.2) is 47.1 Å². The van der Waals surface area contributed by atoms with Gasteiger partial charge in [-0.1, -0.05) is 24.3 Å². The molecule has 0 spiro atoms. The highest BCUT2D eigenvalue weighted by Crippen LogP contribution is 2.45. The van der Waals surface area contributed by atoms with E-state index in [1.807, 2.05) is 18.2 Å². The first-order valence-electron chi connectivity index (χ1n) is 7.25. The van der Waals surface area contributed by atoms with Crippen molar-refractivity contribution in [2.45, 2.75) is 30.8 Å². The summed E-state index contributed by atoms with van der Waals surface area (Å²) in [5.41, 5.74) is 8.84. The molecule has 21 heavy (non-hydrogen) atoms. The highest BCUT2D eigenvalue weighted by Gasteiger charge is 2.42. The minimum Gasteiger partial charge on any atom is -0.386 e. The van der Waals surface area contributed by atoms with Crippen LogP contribution in [0.5, 0.6) is 0 Å². The van der Waals surface area contributed by atoms with Crippen LogP contribution < -0.4 is 5.73 Å². The van der Waals surface area contributed by atoms with Crippen molar-refractivity contribution in [3.63, 3.8) is 0 Å². The summed E-state index contributed by atoms with van der Waals surface area (Å²) in [5, 5.41) is 11.0. The first-order valence-corrected chi connectivity index (χ1v) is 8.04. The standard InChI is InChI=1S/C17H19BrN2O/c18-13-7-8-15(20-10-13)16(21)17(11-19)9-3-5-12-4-1-2-6-14(12)17/h1-2,4,6-8,10,16,21H,3,5,9,11,19H2. The fourth-order valence-corrected chi connectivity index (χ4v) is 3.63. The van der Waals surface area contributed by atoms with E-state index in [4.69, 9.17) is 5.73 Å². The van der Waals surface area contributed by atoms with E-state index in [1.54, 1.807) is 6.20 Å². The Labute approximate surface area is 133 Å². The average molecular weight is 347 g/mol. The number of hydrogen-bond donors (Lipinski definition) is 2. The van der Waals surface area contributed by atoms with Gasteiger partial charge in [-0.2, -0.15) is 0 Å². The lowest BCUT2D eigenvalue weighted by Gasteiger charge is -2.41. The van der Waals surface area contributed by atoms with Gasteiger partial charge in [-0.3, -0.25) is 4.98 Å². The normalized spacial score (nSPS) is 22.6. The van der Waals surface area contributed by atoms with Crippen molar-refractivity contribution in [3.05, 3.63) is 63.9 Å². The highest BCUT2D eigenvalue weighted by atomic mass is 79.9. The quantitative estimate of drug-likeness (QED) is 0.897. The molecular formula is C17H19BrN2O. The third-order valence-corrected chi connectivity index (χ3v) is 5.01. The molecular weight excluding hydrogens is 328 g/mol. The van der Waals surface area contributed by atoms with E-state index >= 15 is 0 Å². The van der Waals surface area contributed by atoms with Crippen molar-refractivity contribution < 1.29 is 5.11 Å². The predicted octanol–water partition coefficient (Wildman–Crippen LogP) is 3.11. The second-order valence-corrected chi connectivity index (χ2v) is 6.59. The molecule has 0 amide bonds. The van der Waals surface area contributed by atoms with E-state index < -0.39 is 11.5 Å². The van der Waals surface area contributed by atoms with E-state index in [2.05, 4.69) is 39.1 Å². The van der Waals surface area contributed by atoms with Crippen LogP contribution in [0.3, 0.4) is 0 Å². The number of nitrogens with zero attached hydrogens (tertiary/aromatic N) is 1. The maximum absolute atomic E-state index is 11.0. The molecule has 0 bridgehead atoms. The minimum absolute atomic E-state index is 0.420. The number of pyridine rings is 1. The zero-order chi connectivity index (χ0) is 14.9. The number of aliphatic hydroxyl groups excluding tert-OH is 1. The van der Waals surface area contributed by atoms with Gasteiger partial charge in [-0.25, -0.2) is 0 Å². The molecule has 0 radical (unpaired) electrons. The molecule has 3 rings (SSSR count). The molecule has 2 unspecified atom stereocenters. The molecule has 1 aromatic heterocycles. The Morgan fingerprint density at radius 1 is 1.29 bits per heavy atom. The van der Waals surface area contributed by atoms with E-state index in [-0.39, 0.29) is 0 Å². The van der Waals surface area contributed by atoms with Crippen LogP contribution in [0.2, 0.25) is 0 Å². The fourth-order valence-electron chi connectivity index (χ4n) is 3.39. The number of fused-ring (bicyclic) bond motifs is 1. The van der Waals surface area contributed by atoms with E-state index in [9.17, 15) is 5.11 Å². The molecule has 1 aliphatic carbocycles. The van der Waals surface area contributed by atoms with Gasteiger partial charge in [0.1, 0.15) is 6.10 Å². The SMILES string of the molecule is NCC1(C(O)c2ccc(Br)cn2)CCCc2ccccc21. The lowest BCUT2D eigenvalue weighted by molar-refractivity contribution is 0.0681. The van der Waals surface area contributed by atoms with Crippen molar-refractivity contribution in [2.24, 2.45) is 5.73 Å². The molecule has 4 heteroatoms. The fraction of sp³-hybridized carbons (Fsp3) is 0.353. The minimum atomic E-state index is -0.683. The molecule has 1 heterocycles. The molecule has 0 aliphatic heterocycles. The number of nitrogens with two attached hydrogens (primary N) is 1. The van der Waals surface area contributed by atoms with Crippen LogP contribution in [0.25, 0.3) is 0 Å². The van der Waals surface area contributed by atoms with Gasteiger partial charge >= 0.3 is 0 Å². The third-order valence-electron chi connectivity index (χ3n) is 4.54. The number of halogens is 1. The average Bonchev–Trinajstić information content (AvgIpc) is 2.54. The Bertz CT molecular complexity index is 629. The van der Waals surface area contributed by atoms with Gasteiger partial charge in [0.25, 0.3) is 0 Å². The summed E-state index contributed by atoms with van der Waals surface area (Å²) >= 11 is 3.38. The predicted molar refractivity (Wildman–Crippen MR) is 87.0 cm³/mol. The van der Waals surface area contributed by atoms with Crippen LogP contribution in [0.1, 0.15) is 35.8 Å². The van der Waals surface area contributed by atoms with E-state index in [0.717, 1.165) is 23.7 Å². The Hall–Kier alpha value is -1.23. The second kappa shape index (κ2) is 5.87. The van der Waals surface area contributed by atoms with Gasteiger partial charge in [-0.15, -0.1) is 0 Å². The highest BCUT2D eigenvalue weighted by molar-refractivity contribution is 9.10. The van der Waals surface area contributed by atoms with Crippen molar-refractivity contribution in [2.75, 3.05) is 6.54 Å². The first-order chi connectivity index (χ1) is 10.2. The number of aryl methyl sites for hydroxylation is 1. The number of rotatable bonds is 3. The summed E-state index contributed by atoms with van der Waals surface area (Å²) in [6.45, 7) is 0.420. The molecule has 1 aliphatic rings. The molecule has 2 aromatic rings. The van der Waals surface area contributed by atoms with E-state index in [0.29, 0.717) is 12.2 Å². The molecule has 2 atom stereocenters. The Kier molecular flexibility index (Phi) is 4.11. The van der Waals surface area contributed by atoms with Gasteiger partial charge in [0.15, 0.2) is 0 Å². The Morgan fingerprint density at radius 2 is 2.10 bits per heavy atom. The van der Waals surface area contributed by atoms with Crippen molar-refractivity contribution in [1.29, 1.82) is 0 Å². The molecule has 0 saturated heterocycles. The smallest absolute Gasteiger partial charge is 0.107 e. The van der Waals surface area contributed by atoms with Crippen LogP contribution >= 0.6 is 15.9 Å². The van der Waals surface area contributed by atoms with Crippen molar-refractivity contribution in [3.8, 4) is 0 Å². The topological polar surface area (TPSA) is 59.1 Å². The van der Waals surface area contributed by atoms with Crippen LogP contribution in [0.4, 0.5) is 0 Å². The Balaban J connectivity index is 2.07. The maximum Gasteiger partial charge on any atom is 0.107 e. The molecule has 0 fully saturated rings. The summed E-state index contributed by atoms with van der Waals surface area (Å²) in [6.07, 6.45) is 4.02. The van der Waals surface area contributed by atoms with Crippen molar-refractivity contribution >= 4 is 15.9 Å². The number of hydrogen-bond acceptors (Lipinski definition) is 3. The van der Waals surface area contributed by atoms with Gasteiger partial charge < -0.3 is 10.8 Å². The molecule has 1 aromatic carbocycles. The lowest BCUT2D eigenvalue weighted by Crippen LogP contribution is -2.44. The molecule has 110 valence electrons. The summed E-state index contributed by atoms with van der Waals surface area (Å²) in [5.74, 6) is 0.